The molecule has 0 radical (unpaired) electrons. The fourth-order valence-corrected chi connectivity index (χ4v) is 4.29. The highest BCUT2D eigenvalue weighted by Crippen LogP contribution is 2.41. The van der Waals surface area contributed by atoms with Crippen LogP contribution in [-0.2, 0) is 29.9 Å². The second kappa shape index (κ2) is 7.82. The van der Waals surface area contributed by atoms with E-state index in [-0.39, 0.29) is 17.4 Å². The average molecular weight is 462 g/mol. The van der Waals surface area contributed by atoms with E-state index in [4.69, 9.17) is 35.9 Å². The summed E-state index contributed by atoms with van der Waals surface area (Å²) in [7, 11) is 0. The largest absolute Gasteiger partial charge is 0.418 e. The molecule has 0 saturated carbocycles. The molecule has 4 rings (SSSR count). The Hall–Kier alpha value is -1.50. The number of ether oxygens (including phenoxy) is 5. The summed E-state index contributed by atoms with van der Waals surface area (Å²) >= 11 is 5.33. The summed E-state index contributed by atoms with van der Waals surface area (Å²) in [6.07, 6.45) is -6.71. The van der Waals surface area contributed by atoms with Crippen LogP contribution in [0.15, 0.2) is 24.3 Å². The zero-order valence-electron chi connectivity index (χ0n) is 17.5. The second-order valence-electron chi connectivity index (χ2n) is 8.60. The molecule has 1 aromatic rings. The van der Waals surface area contributed by atoms with Gasteiger partial charge < -0.3 is 34.3 Å². The van der Waals surface area contributed by atoms with Crippen LogP contribution in [0.5, 0.6) is 0 Å². The third kappa shape index (κ3) is 4.81. The van der Waals surface area contributed by atoms with E-state index in [1.807, 2.05) is 0 Å². The van der Waals surface area contributed by atoms with E-state index in [2.05, 4.69) is 10.6 Å². The maximum atomic E-state index is 13.3. The summed E-state index contributed by atoms with van der Waals surface area (Å²) < 4.78 is 69.4. The topological polar surface area (TPSA) is 70.2 Å². The zero-order chi connectivity index (χ0) is 22.6. The predicted octanol–water partition coefficient (Wildman–Crippen LogP) is 3.39. The monoisotopic (exact) mass is 462 g/mol. The van der Waals surface area contributed by atoms with Crippen molar-refractivity contribution in [3.8, 4) is 0 Å². The first-order valence-electron chi connectivity index (χ1n) is 9.91. The molecule has 2 N–H and O–H groups in total. The van der Waals surface area contributed by atoms with Crippen LogP contribution in [0, 0.1) is 0 Å². The van der Waals surface area contributed by atoms with Crippen molar-refractivity contribution in [2.24, 2.45) is 0 Å². The van der Waals surface area contributed by atoms with Crippen molar-refractivity contribution in [2.75, 3.05) is 11.9 Å². The van der Waals surface area contributed by atoms with Crippen molar-refractivity contribution in [1.82, 2.24) is 5.32 Å². The van der Waals surface area contributed by atoms with Crippen molar-refractivity contribution in [2.45, 2.75) is 76.1 Å². The van der Waals surface area contributed by atoms with E-state index in [1.54, 1.807) is 27.7 Å². The Morgan fingerprint density at radius 3 is 2.39 bits per heavy atom. The molecule has 11 heteroatoms. The minimum absolute atomic E-state index is 0.00225. The van der Waals surface area contributed by atoms with Gasteiger partial charge in [-0.1, -0.05) is 12.1 Å². The lowest BCUT2D eigenvalue weighted by atomic mass is 10.0. The standard InChI is InChI=1S/C20H25F3N2O5S/c1-18(2)26-9-12(28-18)14-13(15-16(27-14)30-19(3,4)29-15)25-17(31)24-11-8-6-5-7-10(11)20(21,22)23/h5-8,12-16H,9H2,1-4H3,(H2,24,25,31)/t12-,13-,14-,15-,16-/m1/s1. The van der Waals surface area contributed by atoms with Crippen LogP contribution >= 0.6 is 12.2 Å². The quantitative estimate of drug-likeness (QED) is 0.663. The van der Waals surface area contributed by atoms with Gasteiger partial charge in [-0.2, -0.15) is 13.2 Å². The Labute approximate surface area is 183 Å². The van der Waals surface area contributed by atoms with Crippen LogP contribution in [0.2, 0.25) is 0 Å². The normalized spacial score (nSPS) is 33.8. The van der Waals surface area contributed by atoms with Gasteiger partial charge >= 0.3 is 6.18 Å². The van der Waals surface area contributed by atoms with Crippen molar-refractivity contribution in [3.05, 3.63) is 29.8 Å². The third-order valence-corrected chi connectivity index (χ3v) is 5.48. The number of para-hydroxylation sites is 1. The molecule has 0 bridgehead atoms. The number of benzene rings is 1. The summed E-state index contributed by atoms with van der Waals surface area (Å²) in [5.74, 6) is -1.65. The highest BCUT2D eigenvalue weighted by molar-refractivity contribution is 7.80. The molecule has 0 unspecified atom stereocenters. The smallest absolute Gasteiger partial charge is 0.354 e. The van der Waals surface area contributed by atoms with Crippen LogP contribution in [-0.4, -0.2) is 53.9 Å². The molecule has 5 atom stereocenters. The lowest BCUT2D eigenvalue weighted by Crippen LogP contribution is -2.53. The number of anilines is 1. The summed E-state index contributed by atoms with van der Waals surface area (Å²) in [4.78, 5) is 0. The summed E-state index contributed by atoms with van der Waals surface area (Å²) in [5, 5.41) is 5.71. The molecule has 1 aromatic carbocycles. The second-order valence-corrected chi connectivity index (χ2v) is 9.01. The number of hydrogen-bond acceptors (Lipinski definition) is 6. The van der Waals surface area contributed by atoms with E-state index >= 15 is 0 Å². The molecular formula is C20H25F3N2O5S. The van der Waals surface area contributed by atoms with Gasteiger partial charge in [-0.15, -0.1) is 0 Å². The fraction of sp³-hybridized carbons (Fsp3) is 0.650. The number of rotatable bonds is 3. The maximum absolute atomic E-state index is 13.3. The van der Waals surface area contributed by atoms with E-state index < -0.39 is 54.0 Å². The minimum Gasteiger partial charge on any atom is -0.354 e. The lowest BCUT2D eigenvalue weighted by Gasteiger charge is -2.30. The maximum Gasteiger partial charge on any atom is 0.418 e. The highest BCUT2D eigenvalue weighted by atomic mass is 32.1. The number of fused-ring (bicyclic) bond motifs is 1. The Morgan fingerprint density at radius 2 is 1.74 bits per heavy atom. The van der Waals surface area contributed by atoms with E-state index in [0.717, 1.165) is 6.07 Å². The molecule has 0 amide bonds. The van der Waals surface area contributed by atoms with Gasteiger partial charge in [0.15, 0.2) is 23.0 Å². The first-order valence-corrected chi connectivity index (χ1v) is 10.3. The van der Waals surface area contributed by atoms with E-state index in [9.17, 15) is 13.2 Å². The van der Waals surface area contributed by atoms with Crippen molar-refractivity contribution in [3.63, 3.8) is 0 Å². The minimum atomic E-state index is -4.52. The third-order valence-electron chi connectivity index (χ3n) is 5.26. The van der Waals surface area contributed by atoms with Gasteiger partial charge in [-0.05, 0) is 52.0 Å². The van der Waals surface area contributed by atoms with E-state index in [0.29, 0.717) is 0 Å². The molecule has 3 aliphatic heterocycles. The first kappa shape index (κ1) is 22.7. The van der Waals surface area contributed by atoms with Gasteiger partial charge in [0.05, 0.1) is 23.9 Å². The van der Waals surface area contributed by atoms with Crippen LogP contribution in [0.3, 0.4) is 0 Å². The highest BCUT2D eigenvalue weighted by Gasteiger charge is 2.58. The predicted molar refractivity (Wildman–Crippen MR) is 108 cm³/mol. The fourth-order valence-electron chi connectivity index (χ4n) is 4.04. The Bertz CT molecular complexity index is 850. The number of thiocarbonyl (C=S) groups is 1. The molecular weight excluding hydrogens is 437 g/mol. The average Bonchev–Trinajstić information content (AvgIpc) is 3.24. The number of hydrogen-bond donors (Lipinski definition) is 2. The Balaban J connectivity index is 1.52. The van der Waals surface area contributed by atoms with Gasteiger partial charge in [-0.25, -0.2) is 0 Å². The summed E-state index contributed by atoms with van der Waals surface area (Å²) in [6, 6.07) is 4.59. The molecule has 0 aliphatic carbocycles. The summed E-state index contributed by atoms with van der Waals surface area (Å²) in [5.41, 5.74) is -0.961. The van der Waals surface area contributed by atoms with Crippen LogP contribution in [0.25, 0.3) is 0 Å². The molecule has 3 saturated heterocycles. The van der Waals surface area contributed by atoms with Crippen molar-refractivity contribution < 1.29 is 36.9 Å². The molecule has 3 heterocycles. The zero-order valence-corrected chi connectivity index (χ0v) is 18.3. The van der Waals surface area contributed by atoms with Gasteiger partial charge in [0.1, 0.15) is 18.3 Å². The molecule has 172 valence electrons. The first-order chi connectivity index (χ1) is 14.3. The van der Waals surface area contributed by atoms with Crippen LogP contribution in [0.1, 0.15) is 33.3 Å². The van der Waals surface area contributed by atoms with Crippen LogP contribution < -0.4 is 10.6 Å². The van der Waals surface area contributed by atoms with Crippen molar-refractivity contribution in [1.29, 1.82) is 0 Å². The summed E-state index contributed by atoms with van der Waals surface area (Å²) in [6.45, 7) is 7.39. The number of nitrogens with one attached hydrogen (secondary N) is 2. The Morgan fingerprint density at radius 1 is 1.03 bits per heavy atom. The number of halogens is 3. The van der Waals surface area contributed by atoms with E-state index in [1.165, 1.54) is 18.2 Å². The van der Waals surface area contributed by atoms with Gasteiger partial charge in [-0.3, -0.25) is 0 Å². The van der Waals surface area contributed by atoms with Gasteiger partial charge in [0, 0.05) is 0 Å². The SMILES string of the molecule is CC1(C)O[C@H]2O[C@H]([C@H]3COC(C)(C)O3)[C@@H](NC(=S)Nc3ccccc3C(F)(F)F)[C@H]2O1. The molecule has 7 nitrogen and oxygen atoms in total. The molecule has 0 spiro atoms. The van der Waals surface area contributed by atoms with Crippen LogP contribution in [0.4, 0.5) is 18.9 Å². The lowest BCUT2D eigenvalue weighted by molar-refractivity contribution is -0.223. The Kier molecular flexibility index (Phi) is 5.72. The van der Waals surface area contributed by atoms with Crippen molar-refractivity contribution >= 4 is 23.0 Å². The number of alkyl halides is 3. The van der Waals surface area contributed by atoms with Gasteiger partial charge in [0.2, 0.25) is 0 Å². The molecule has 3 fully saturated rings. The molecule has 0 aromatic heterocycles. The molecule has 3 aliphatic rings. The molecule has 31 heavy (non-hydrogen) atoms. The van der Waals surface area contributed by atoms with Gasteiger partial charge in [0.25, 0.3) is 0 Å².